The van der Waals surface area contributed by atoms with Gasteiger partial charge in [0, 0.05) is 23.3 Å². The molecule has 0 radical (unpaired) electrons. The first-order chi connectivity index (χ1) is 15.7. The van der Waals surface area contributed by atoms with Crippen LogP contribution in [-0.2, 0) is 4.79 Å². The summed E-state index contributed by atoms with van der Waals surface area (Å²) in [5, 5.41) is 15.9. The molecule has 0 aliphatic heterocycles. The Morgan fingerprint density at radius 1 is 1.24 bits per heavy atom. The van der Waals surface area contributed by atoms with Crippen LogP contribution in [0.15, 0.2) is 41.1 Å². The zero-order valence-corrected chi connectivity index (χ0v) is 19.4. The van der Waals surface area contributed by atoms with E-state index in [4.69, 9.17) is 9.40 Å². The lowest BCUT2D eigenvalue weighted by Gasteiger charge is -2.30. The zero-order chi connectivity index (χ0) is 23.6. The topological polar surface area (TPSA) is 109 Å². The fraction of sp³-hybridized carbons (Fsp3) is 0.480. The number of pyridine rings is 1. The van der Waals surface area contributed by atoms with Crippen molar-refractivity contribution in [3.63, 3.8) is 0 Å². The third kappa shape index (κ3) is 5.38. The predicted octanol–water partition coefficient (Wildman–Crippen LogP) is 4.96. The molecule has 0 spiro atoms. The summed E-state index contributed by atoms with van der Waals surface area (Å²) in [4.78, 5) is 29.3. The van der Waals surface area contributed by atoms with Gasteiger partial charge in [-0.1, -0.05) is 19.3 Å². The summed E-state index contributed by atoms with van der Waals surface area (Å²) in [5.74, 6) is 0.445. The molecule has 1 saturated carbocycles. The van der Waals surface area contributed by atoms with E-state index < -0.39 is 5.97 Å². The Balaban J connectivity index is 1.64. The number of fused-ring (bicyclic) bond motifs is 1. The quantitative estimate of drug-likeness (QED) is 0.468. The Bertz CT molecular complexity index is 1120. The van der Waals surface area contributed by atoms with Crippen LogP contribution in [0.5, 0.6) is 0 Å². The van der Waals surface area contributed by atoms with Gasteiger partial charge in [-0.25, -0.2) is 4.98 Å². The average Bonchev–Trinajstić information content (AvgIpc) is 3.40. The number of anilines is 1. The summed E-state index contributed by atoms with van der Waals surface area (Å²) >= 11 is 0. The van der Waals surface area contributed by atoms with Gasteiger partial charge in [0.05, 0.1) is 12.7 Å². The number of nitrogens with one attached hydrogen (secondary N) is 2. The second kappa shape index (κ2) is 9.29. The first-order valence-corrected chi connectivity index (χ1v) is 11.6. The molecule has 0 saturated heterocycles. The second-order valence-electron chi connectivity index (χ2n) is 9.88. The first kappa shape index (κ1) is 22.9. The van der Waals surface area contributed by atoms with Gasteiger partial charge < -0.3 is 20.2 Å². The molecule has 1 fully saturated rings. The highest BCUT2D eigenvalue weighted by Crippen LogP contribution is 2.32. The molecule has 1 unspecified atom stereocenters. The molecule has 0 bridgehead atoms. The molecule has 3 aromatic rings. The smallest absolute Gasteiger partial charge is 0.305 e. The van der Waals surface area contributed by atoms with Crippen LogP contribution in [0.25, 0.3) is 17.1 Å². The van der Waals surface area contributed by atoms with E-state index in [2.05, 4.69) is 31.4 Å². The molecule has 3 N–H and O–H groups in total. The summed E-state index contributed by atoms with van der Waals surface area (Å²) < 4.78 is 7.49. The van der Waals surface area contributed by atoms with E-state index in [1.54, 1.807) is 18.4 Å². The maximum Gasteiger partial charge on any atom is 0.305 e. The van der Waals surface area contributed by atoms with Crippen molar-refractivity contribution in [2.45, 2.75) is 70.9 Å². The minimum absolute atomic E-state index is 0.0652. The molecule has 1 amide bonds. The number of rotatable bonds is 7. The number of hydrogen-bond donors (Lipinski definition) is 3. The van der Waals surface area contributed by atoms with Crippen LogP contribution >= 0.6 is 0 Å². The second-order valence-corrected chi connectivity index (χ2v) is 9.88. The summed E-state index contributed by atoms with van der Waals surface area (Å²) in [6.07, 6.45) is 8.58. The van der Waals surface area contributed by atoms with Gasteiger partial charge in [-0.2, -0.15) is 0 Å². The van der Waals surface area contributed by atoms with Gasteiger partial charge in [-0.15, -0.1) is 0 Å². The number of carboxylic acids is 1. The third-order valence-electron chi connectivity index (χ3n) is 6.07. The number of carboxylic acid groups (broad SMARTS) is 1. The standard InChI is InChI=1S/C25H32N4O4/c1-25(2,3)28-23-22(19-10-7-13-33-19)27-20-14-17(11-12-29(20)23)24(32)26-18(15-21(30)31)16-8-5-4-6-9-16/h7,10-14,16,18,28H,4-6,8-9,15H2,1-3H3,(H,26,32)(H,30,31). The van der Waals surface area contributed by atoms with E-state index in [0.29, 0.717) is 22.7 Å². The molecule has 3 heterocycles. The van der Waals surface area contributed by atoms with Gasteiger partial charge in [0.2, 0.25) is 0 Å². The monoisotopic (exact) mass is 452 g/mol. The molecule has 1 aliphatic carbocycles. The van der Waals surface area contributed by atoms with Gasteiger partial charge in [-0.3, -0.25) is 14.0 Å². The Kier molecular flexibility index (Phi) is 6.44. The number of amides is 1. The van der Waals surface area contributed by atoms with Crippen LogP contribution in [0.3, 0.4) is 0 Å². The Morgan fingerprint density at radius 2 is 2.00 bits per heavy atom. The Labute approximate surface area is 193 Å². The number of imidazole rings is 1. The Morgan fingerprint density at radius 3 is 2.64 bits per heavy atom. The van der Waals surface area contributed by atoms with Crippen LogP contribution < -0.4 is 10.6 Å². The predicted molar refractivity (Wildman–Crippen MR) is 126 cm³/mol. The van der Waals surface area contributed by atoms with Gasteiger partial charge in [-0.05, 0) is 63.8 Å². The molecule has 33 heavy (non-hydrogen) atoms. The SMILES string of the molecule is CC(C)(C)Nc1c(-c2ccco2)nc2cc(C(=O)NC(CC(=O)O)C3CCCCC3)ccn12. The summed E-state index contributed by atoms with van der Waals surface area (Å²) in [6.45, 7) is 6.19. The maximum atomic E-state index is 13.1. The maximum absolute atomic E-state index is 13.1. The molecule has 4 rings (SSSR count). The van der Waals surface area contributed by atoms with Crippen LogP contribution in [0.1, 0.15) is 69.7 Å². The highest BCUT2D eigenvalue weighted by atomic mass is 16.4. The van der Waals surface area contributed by atoms with Crippen molar-refractivity contribution in [3.8, 4) is 11.5 Å². The largest absolute Gasteiger partial charge is 0.481 e. The first-order valence-electron chi connectivity index (χ1n) is 11.6. The van der Waals surface area contributed by atoms with E-state index in [0.717, 1.165) is 31.5 Å². The molecule has 0 aromatic carbocycles. The van der Waals surface area contributed by atoms with Crippen molar-refractivity contribution >= 4 is 23.3 Å². The molecule has 8 heteroatoms. The van der Waals surface area contributed by atoms with E-state index >= 15 is 0 Å². The number of hydrogen-bond acceptors (Lipinski definition) is 5. The highest BCUT2D eigenvalue weighted by molar-refractivity contribution is 5.95. The van der Waals surface area contributed by atoms with Gasteiger partial charge in [0.15, 0.2) is 5.76 Å². The molecule has 3 aromatic heterocycles. The van der Waals surface area contributed by atoms with Crippen molar-refractivity contribution in [3.05, 3.63) is 42.3 Å². The minimum Gasteiger partial charge on any atom is -0.481 e. The fourth-order valence-electron chi connectivity index (χ4n) is 4.56. The highest BCUT2D eigenvalue weighted by Gasteiger charge is 2.28. The normalized spacial score (nSPS) is 16.0. The van der Waals surface area contributed by atoms with Crippen LogP contribution in [0.2, 0.25) is 0 Å². The molecule has 8 nitrogen and oxygen atoms in total. The third-order valence-corrected chi connectivity index (χ3v) is 6.07. The number of nitrogens with zero attached hydrogens (tertiary/aromatic N) is 2. The lowest BCUT2D eigenvalue weighted by molar-refractivity contribution is -0.137. The van der Waals surface area contributed by atoms with Crippen LogP contribution in [-0.4, -0.2) is 37.9 Å². The summed E-state index contributed by atoms with van der Waals surface area (Å²) in [5.41, 5.74) is 1.51. The van der Waals surface area contributed by atoms with Crippen LogP contribution in [0, 0.1) is 5.92 Å². The number of carbonyl (C=O) groups excluding carboxylic acids is 1. The summed E-state index contributed by atoms with van der Waals surface area (Å²) in [6, 6.07) is 6.76. The van der Waals surface area contributed by atoms with Crippen LogP contribution in [0.4, 0.5) is 5.82 Å². The van der Waals surface area contributed by atoms with Crippen molar-refractivity contribution < 1.29 is 19.1 Å². The van der Waals surface area contributed by atoms with Crippen molar-refractivity contribution in [1.29, 1.82) is 0 Å². The molecule has 1 aliphatic rings. The fourth-order valence-corrected chi connectivity index (χ4v) is 4.56. The van der Waals surface area contributed by atoms with Crippen molar-refractivity contribution in [2.24, 2.45) is 5.92 Å². The number of furan rings is 1. The zero-order valence-electron chi connectivity index (χ0n) is 19.4. The van der Waals surface area contributed by atoms with Gasteiger partial charge in [0.1, 0.15) is 17.2 Å². The number of carbonyl (C=O) groups is 2. The van der Waals surface area contributed by atoms with Crippen molar-refractivity contribution in [2.75, 3.05) is 5.32 Å². The van der Waals surface area contributed by atoms with Crippen molar-refractivity contribution in [1.82, 2.24) is 14.7 Å². The number of aliphatic carboxylic acids is 1. The van der Waals surface area contributed by atoms with Gasteiger partial charge >= 0.3 is 5.97 Å². The molecule has 176 valence electrons. The minimum atomic E-state index is -0.893. The lowest BCUT2D eigenvalue weighted by Crippen LogP contribution is -2.42. The van der Waals surface area contributed by atoms with E-state index in [-0.39, 0.29) is 29.8 Å². The summed E-state index contributed by atoms with van der Waals surface area (Å²) in [7, 11) is 0. The Hall–Kier alpha value is -3.29. The van der Waals surface area contributed by atoms with E-state index in [1.165, 1.54) is 6.42 Å². The molecular formula is C25H32N4O4. The molecule has 1 atom stereocenters. The average molecular weight is 453 g/mol. The number of aromatic nitrogens is 2. The van der Waals surface area contributed by atoms with E-state index in [1.807, 2.05) is 22.7 Å². The van der Waals surface area contributed by atoms with Gasteiger partial charge in [0.25, 0.3) is 5.91 Å². The van der Waals surface area contributed by atoms with E-state index in [9.17, 15) is 14.7 Å². The molecular weight excluding hydrogens is 420 g/mol. The lowest BCUT2D eigenvalue weighted by atomic mass is 9.82.